The molecule has 1 atom stereocenters. The van der Waals surface area contributed by atoms with Gasteiger partial charge in [0.05, 0.1) is 0 Å². The quantitative estimate of drug-likeness (QED) is 0.198. The van der Waals surface area contributed by atoms with Crippen molar-refractivity contribution in [2.24, 2.45) is 16.3 Å². The maximum atomic E-state index is 12.4. The molecule has 0 radical (unpaired) electrons. The zero-order chi connectivity index (χ0) is 14.9. The molecule has 0 saturated carbocycles. The van der Waals surface area contributed by atoms with Gasteiger partial charge in [-0.1, -0.05) is 45.2 Å². The van der Waals surface area contributed by atoms with Crippen molar-refractivity contribution in [2.75, 3.05) is 0 Å². The molecule has 0 aliphatic carbocycles. The topological polar surface area (TPSA) is 87.7 Å². The van der Waals surface area contributed by atoms with E-state index in [1.165, 1.54) is 12.8 Å². The molecule has 0 bridgehead atoms. The van der Waals surface area contributed by atoms with Crippen LogP contribution in [-0.4, -0.2) is 23.0 Å². The fourth-order valence-electron chi connectivity index (χ4n) is 2.28. The molecule has 0 saturated heterocycles. The number of amidine groups is 1. The average Bonchev–Trinajstić information content (AvgIpc) is 2.40. The van der Waals surface area contributed by atoms with E-state index in [0.717, 1.165) is 12.8 Å². The molecular formula is C14H29N3O2. The molecule has 0 heterocycles. The van der Waals surface area contributed by atoms with Gasteiger partial charge in [0.2, 0.25) is 5.91 Å². The molecule has 1 amide bonds. The van der Waals surface area contributed by atoms with E-state index in [4.69, 9.17) is 10.9 Å². The minimum absolute atomic E-state index is 0.00393. The molecule has 0 aliphatic heterocycles. The van der Waals surface area contributed by atoms with Crippen LogP contribution in [0.5, 0.6) is 0 Å². The largest absolute Gasteiger partial charge is 0.409 e. The number of carbonyl (C=O) groups is 1. The van der Waals surface area contributed by atoms with Crippen LogP contribution in [-0.2, 0) is 4.79 Å². The number of nitrogens with two attached hydrogens (primary N) is 1. The van der Waals surface area contributed by atoms with E-state index in [1.54, 1.807) is 0 Å². The van der Waals surface area contributed by atoms with Crippen LogP contribution >= 0.6 is 0 Å². The van der Waals surface area contributed by atoms with Gasteiger partial charge in [-0.05, 0) is 26.2 Å². The molecular weight excluding hydrogens is 242 g/mol. The monoisotopic (exact) mass is 271 g/mol. The van der Waals surface area contributed by atoms with Gasteiger partial charge in [-0.15, -0.1) is 0 Å². The summed E-state index contributed by atoms with van der Waals surface area (Å²) >= 11 is 0. The van der Waals surface area contributed by atoms with Crippen molar-refractivity contribution in [3.8, 4) is 0 Å². The number of carbonyl (C=O) groups excluding carboxylic acids is 1. The summed E-state index contributed by atoms with van der Waals surface area (Å²) in [5, 5.41) is 14.9. The number of rotatable bonds is 9. The zero-order valence-corrected chi connectivity index (χ0v) is 12.7. The SMILES string of the molecule is CCCCCC(C)NC(=O)C(CC)(CC)C(N)=NO. The van der Waals surface area contributed by atoms with Crippen LogP contribution in [0.3, 0.4) is 0 Å². The number of oxime groups is 1. The van der Waals surface area contributed by atoms with Crippen molar-refractivity contribution in [1.82, 2.24) is 5.32 Å². The lowest BCUT2D eigenvalue weighted by Crippen LogP contribution is -2.51. The van der Waals surface area contributed by atoms with Gasteiger partial charge in [-0.2, -0.15) is 0 Å². The number of unbranched alkanes of at least 4 members (excludes halogenated alkanes) is 2. The highest BCUT2D eigenvalue weighted by Crippen LogP contribution is 2.27. The third kappa shape index (κ3) is 4.73. The summed E-state index contributed by atoms with van der Waals surface area (Å²) in [6, 6.07) is 0.114. The molecule has 0 fully saturated rings. The second-order valence-electron chi connectivity index (χ2n) is 5.14. The molecule has 19 heavy (non-hydrogen) atoms. The summed E-state index contributed by atoms with van der Waals surface area (Å²) in [7, 11) is 0. The standard InChI is InChI=1S/C14H29N3O2/c1-5-8-9-10-11(4)16-13(18)14(6-2,7-3)12(15)17-19/h11,19H,5-10H2,1-4H3,(H2,15,17)(H,16,18). The summed E-state index contributed by atoms with van der Waals surface area (Å²) in [4.78, 5) is 12.4. The Bertz CT molecular complexity index is 299. The lowest BCUT2D eigenvalue weighted by Gasteiger charge is -2.30. The van der Waals surface area contributed by atoms with Crippen LogP contribution in [0.4, 0.5) is 0 Å². The number of hydrogen-bond donors (Lipinski definition) is 3. The third-order valence-corrected chi connectivity index (χ3v) is 3.86. The van der Waals surface area contributed by atoms with Crippen LogP contribution in [0.25, 0.3) is 0 Å². The van der Waals surface area contributed by atoms with Gasteiger partial charge < -0.3 is 16.3 Å². The molecule has 112 valence electrons. The van der Waals surface area contributed by atoms with Gasteiger partial charge in [0.25, 0.3) is 0 Å². The van der Waals surface area contributed by atoms with Crippen LogP contribution in [0.1, 0.15) is 66.2 Å². The lowest BCUT2D eigenvalue weighted by atomic mass is 9.80. The van der Waals surface area contributed by atoms with Gasteiger partial charge in [-0.25, -0.2) is 0 Å². The summed E-state index contributed by atoms with van der Waals surface area (Å²) < 4.78 is 0. The highest BCUT2D eigenvalue weighted by molar-refractivity contribution is 6.06. The minimum Gasteiger partial charge on any atom is -0.409 e. The Morgan fingerprint density at radius 2 is 1.89 bits per heavy atom. The van der Waals surface area contributed by atoms with Crippen molar-refractivity contribution >= 4 is 11.7 Å². The Morgan fingerprint density at radius 3 is 2.32 bits per heavy atom. The maximum Gasteiger partial charge on any atom is 0.234 e. The van der Waals surface area contributed by atoms with Crippen LogP contribution in [0.15, 0.2) is 5.16 Å². The number of amides is 1. The van der Waals surface area contributed by atoms with Crippen LogP contribution in [0.2, 0.25) is 0 Å². The van der Waals surface area contributed by atoms with E-state index in [0.29, 0.717) is 12.8 Å². The highest BCUT2D eigenvalue weighted by Gasteiger charge is 2.40. The van der Waals surface area contributed by atoms with E-state index >= 15 is 0 Å². The molecule has 5 nitrogen and oxygen atoms in total. The highest BCUT2D eigenvalue weighted by atomic mass is 16.4. The summed E-state index contributed by atoms with van der Waals surface area (Å²) in [5.74, 6) is -0.146. The van der Waals surface area contributed by atoms with Gasteiger partial charge >= 0.3 is 0 Å². The molecule has 0 aromatic heterocycles. The second-order valence-corrected chi connectivity index (χ2v) is 5.14. The predicted molar refractivity (Wildman–Crippen MR) is 78.2 cm³/mol. The molecule has 5 heteroatoms. The Labute approximate surface area is 116 Å². The fourth-order valence-corrected chi connectivity index (χ4v) is 2.28. The fraction of sp³-hybridized carbons (Fsp3) is 0.857. The van der Waals surface area contributed by atoms with Gasteiger partial charge in [0.15, 0.2) is 5.84 Å². The molecule has 1 unspecified atom stereocenters. The van der Waals surface area contributed by atoms with Crippen molar-refractivity contribution in [3.05, 3.63) is 0 Å². The Kier molecular flexibility index (Phi) is 8.19. The number of nitrogens with zero attached hydrogens (tertiary/aromatic N) is 1. The van der Waals surface area contributed by atoms with E-state index in [2.05, 4.69) is 17.4 Å². The smallest absolute Gasteiger partial charge is 0.234 e. The Balaban J connectivity index is 4.66. The summed E-state index contributed by atoms with van der Waals surface area (Å²) in [6.45, 7) is 7.91. The maximum absolute atomic E-state index is 12.4. The first kappa shape index (κ1) is 17.7. The van der Waals surface area contributed by atoms with E-state index < -0.39 is 5.41 Å². The molecule has 0 aliphatic rings. The first-order valence-corrected chi connectivity index (χ1v) is 7.27. The number of hydrogen-bond acceptors (Lipinski definition) is 3. The van der Waals surface area contributed by atoms with E-state index in [1.807, 2.05) is 20.8 Å². The number of nitrogens with one attached hydrogen (secondary N) is 1. The summed E-state index contributed by atoms with van der Waals surface area (Å²) in [6.07, 6.45) is 5.44. The minimum atomic E-state index is -0.895. The van der Waals surface area contributed by atoms with Crippen molar-refractivity contribution < 1.29 is 10.0 Å². The van der Waals surface area contributed by atoms with Crippen LogP contribution in [0, 0.1) is 5.41 Å². The van der Waals surface area contributed by atoms with E-state index in [-0.39, 0.29) is 17.8 Å². The van der Waals surface area contributed by atoms with E-state index in [9.17, 15) is 4.79 Å². The predicted octanol–water partition coefficient (Wildman–Crippen LogP) is 2.62. The average molecular weight is 271 g/mol. The molecule has 0 aromatic carbocycles. The normalized spacial score (nSPS) is 14.2. The Morgan fingerprint density at radius 1 is 1.32 bits per heavy atom. The first-order valence-electron chi connectivity index (χ1n) is 7.27. The van der Waals surface area contributed by atoms with Crippen molar-refractivity contribution in [2.45, 2.75) is 72.3 Å². The second kappa shape index (κ2) is 8.77. The van der Waals surface area contributed by atoms with Crippen molar-refractivity contribution in [3.63, 3.8) is 0 Å². The van der Waals surface area contributed by atoms with Gasteiger partial charge in [-0.3, -0.25) is 4.79 Å². The van der Waals surface area contributed by atoms with Crippen molar-refractivity contribution in [1.29, 1.82) is 0 Å². The van der Waals surface area contributed by atoms with Gasteiger partial charge in [0, 0.05) is 6.04 Å². The lowest BCUT2D eigenvalue weighted by molar-refractivity contribution is -0.128. The molecule has 0 aromatic rings. The summed E-state index contributed by atoms with van der Waals surface area (Å²) in [5.41, 5.74) is 4.82. The molecule has 0 rings (SSSR count). The van der Waals surface area contributed by atoms with Gasteiger partial charge in [0.1, 0.15) is 5.41 Å². The first-order chi connectivity index (χ1) is 8.98. The molecule has 0 spiro atoms. The molecule has 4 N–H and O–H groups in total. The zero-order valence-electron chi connectivity index (χ0n) is 12.7. The Hall–Kier alpha value is -1.26. The van der Waals surface area contributed by atoms with Crippen LogP contribution < -0.4 is 11.1 Å². The third-order valence-electron chi connectivity index (χ3n) is 3.86.